The maximum absolute atomic E-state index is 13.1. The molecule has 0 unspecified atom stereocenters. The molecule has 3 rings (SSSR count). The van der Waals surface area contributed by atoms with Crippen LogP contribution in [0.1, 0.15) is 36.9 Å². The fourth-order valence-corrected chi connectivity index (χ4v) is 3.75. The number of hydrogen-bond acceptors (Lipinski definition) is 5. The fourth-order valence-electron chi connectivity index (χ4n) is 2.97. The number of hydrogen-bond donors (Lipinski definition) is 0. The Balaban J connectivity index is 1.69. The predicted molar refractivity (Wildman–Crippen MR) is 106 cm³/mol. The van der Waals surface area contributed by atoms with Crippen molar-refractivity contribution >= 4 is 23.3 Å². The SMILES string of the molecule is CC(C)(C)OC(=O)N1CCCN(C(=O)c2scnc2-c2ccccc2)CC1. The molecular formula is C20H25N3O3S. The molecule has 2 amide bonds. The van der Waals surface area contributed by atoms with Crippen LogP contribution >= 0.6 is 11.3 Å². The molecule has 6 nitrogen and oxygen atoms in total. The molecule has 2 aromatic rings. The van der Waals surface area contributed by atoms with E-state index in [1.807, 2.05) is 56.0 Å². The number of nitrogens with zero attached hydrogens (tertiary/aromatic N) is 3. The average Bonchev–Trinajstić information content (AvgIpc) is 2.97. The van der Waals surface area contributed by atoms with E-state index in [4.69, 9.17) is 4.74 Å². The van der Waals surface area contributed by atoms with Crippen LogP contribution < -0.4 is 0 Å². The fraction of sp³-hybridized carbons (Fsp3) is 0.450. The summed E-state index contributed by atoms with van der Waals surface area (Å²) in [5, 5.41) is 0. The topological polar surface area (TPSA) is 62.7 Å². The Hall–Kier alpha value is -2.41. The van der Waals surface area contributed by atoms with Crippen molar-refractivity contribution in [2.45, 2.75) is 32.8 Å². The van der Waals surface area contributed by atoms with Crippen LogP contribution in [-0.4, -0.2) is 58.6 Å². The molecule has 1 aliphatic rings. The summed E-state index contributed by atoms with van der Waals surface area (Å²) in [6.45, 7) is 7.73. The molecule has 144 valence electrons. The summed E-state index contributed by atoms with van der Waals surface area (Å²) in [5.74, 6) is -0.0256. The zero-order valence-electron chi connectivity index (χ0n) is 16.0. The van der Waals surface area contributed by atoms with E-state index in [0.29, 0.717) is 31.1 Å². The van der Waals surface area contributed by atoms with Gasteiger partial charge in [-0.2, -0.15) is 0 Å². The van der Waals surface area contributed by atoms with Crippen LogP contribution in [0.4, 0.5) is 4.79 Å². The van der Waals surface area contributed by atoms with Crippen LogP contribution in [-0.2, 0) is 4.74 Å². The standard InChI is InChI=1S/C20H25N3O3S/c1-20(2,3)26-19(25)23-11-7-10-22(12-13-23)18(24)17-16(21-14-27-17)15-8-5-4-6-9-15/h4-6,8-9,14H,7,10-13H2,1-3H3. The molecule has 1 fully saturated rings. The van der Waals surface area contributed by atoms with E-state index < -0.39 is 5.60 Å². The molecule has 1 aromatic heterocycles. The van der Waals surface area contributed by atoms with Gasteiger partial charge in [0.05, 0.1) is 11.2 Å². The van der Waals surface area contributed by atoms with Crippen molar-refractivity contribution in [3.05, 3.63) is 40.7 Å². The van der Waals surface area contributed by atoms with E-state index in [-0.39, 0.29) is 12.0 Å². The Bertz CT molecular complexity index is 798. The van der Waals surface area contributed by atoms with Gasteiger partial charge in [0.15, 0.2) is 0 Å². The highest BCUT2D eigenvalue weighted by Gasteiger charge is 2.28. The van der Waals surface area contributed by atoms with E-state index in [0.717, 1.165) is 17.7 Å². The van der Waals surface area contributed by atoms with E-state index in [9.17, 15) is 9.59 Å². The summed E-state index contributed by atoms with van der Waals surface area (Å²) in [5.41, 5.74) is 2.85. The van der Waals surface area contributed by atoms with Gasteiger partial charge in [-0.1, -0.05) is 30.3 Å². The van der Waals surface area contributed by atoms with Gasteiger partial charge in [-0.05, 0) is 27.2 Å². The molecule has 0 saturated carbocycles. The summed E-state index contributed by atoms with van der Waals surface area (Å²) < 4.78 is 5.45. The first-order valence-electron chi connectivity index (χ1n) is 9.11. The molecule has 1 aliphatic heterocycles. The van der Waals surface area contributed by atoms with Crippen LogP contribution in [0.25, 0.3) is 11.3 Å². The maximum atomic E-state index is 13.1. The lowest BCUT2D eigenvalue weighted by Gasteiger charge is -2.26. The van der Waals surface area contributed by atoms with Gasteiger partial charge in [0, 0.05) is 31.7 Å². The highest BCUT2D eigenvalue weighted by atomic mass is 32.1. The lowest BCUT2D eigenvalue weighted by atomic mass is 10.1. The summed E-state index contributed by atoms with van der Waals surface area (Å²) in [6.07, 6.45) is 0.407. The van der Waals surface area contributed by atoms with Crippen LogP contribution in [0.15, 0.2) is 35.8 Å². The lowest BCUT2D eigenvalue weighted by molar-refractivity contribution is 0.0255. The summed E-state index contributed by atoms with van der Waals surface area (Å²) in [7, 11) is 0. The van der Waals surface area contributed by atoms with Gasteiger partial charge in [0.1, 0.15) is 10.5 Å². The minimum Gasteiger partial charge on any atom is -0.444 e. The van der Waals surface area contributed by atoms with Crippen molar-refractivity contribution in [2.24, 2.45) is 0 Å². The van der Waals surface area contributed by atoms with Gasteiger partial charge in [0.2, 0.25) is 0 Å². The van der Waals surface area contributed by atoms with Gasteiger partial charge in [-0.15, -0.1) is 11.3 Å². The van der Waals surface area contributed by atoms with E-state index in [2.05, 4.69) is 4.98 Å². The predicted octanol–water partition coefficient (Wildman–Crippen LogP) is 3.89. The minimum absolute atomic E-state index is 0.0256. The second-order valence-corrected chi connectivity index (χ2v) is 8.36. The van der Waals surface area contributed by atoms with Crippen molar-refractivity contribution in [1.29, 1.82) is 0 Å². The van der Waals surface area contributed by atoms with Gasteiger partial charge in [-0.25, -0.2) is 9.78 Å². The Morgan fingerprint density at radius 1 is 1.04 bits per heavy atom. The maximum Gasteiger partial charge on any atom is 0.410 e. The van der Waals surface area contributed by atoms with Gasteiger partial charge in [-0.3, -0.25) is 4.79 Å². The van der Waals surface area contributed by atoms with Crippen LogP contribution in [0.3, 0.4) is 0 Å². The third kappa shape index (κ3) is 4.86. The quantitative estimate of drug-likeness (QED) is 0.784. The van der Waals surface area contributed by atoms with E-state index in [1.54, 1.807) is 10.4 Å². The molecule has 0 spiro atoms. The number of carbonyl (C=O) groups is 2. The monoisotopic (exact) mass is 387 g/mol. The Morgan fingerprint density at radius 2 is 1.70 bits per heavy atom. The second-order valence-electron chi connectivity index (χ2n) is 7.51. The second kappa shape index (κ2) is 8.08. The zero-order valence-corrected chi connectivity index (χ0v) is 16.8. The largest absolute Gasteiger partial charge is 0.444 e. The lowest BCUT2D eigenvalue weighted by Crippen LogP contribution is -2.40. The van der Waals surface area contributed by atoms with Crippen molar-refractivity contribution in [2.75, 3.05) is 26.2 Å². The van der Waals surface area contributed by atoms with Crippen LogP contribution in [0.2, 0.25) is 0 Å². The van der Waals surface area contributed by atoms with Crippen molar-refractivity contribution < 1.29 is 14.3 Å². The average molecular weight is 388 g/mol. The smallest absolute Gasteiger partial charge is 0.410 e. The van der Waals surface area contributed by atoms with Crippen molar-refractivity contribution in [1.82, 2.24) is 14.8 Å². The normalized spacial score (nSPS) is 15.4. The molecule has 27 heavy (non-hydrogen) atoms. The first kappa shape index (κ1) is 19.4. The molecule has 7 heteroatoms. The molecule has 2 heterocycles. The Labute approximate surface area is 163 Å². The zero-order chi connectivity index (χ0) is 19.4. The van der Waals surface area contributed by atoms with Crippen molar-refractivity contribution in [3.8, 4) is 11.3 Å². The number of carbonyl (C=O) groups excluding carboxylic acids is 2. The number of aromatic nitrogens is 1. The molecular weight excluding hydrogens is 362 g/mol. The number of thiazole rings is 1. The molecule has 0 N–H and O–H groups in total. The summed E-state index contributed by atoms with van der Waals surface area (Å²) in [6, 6.07) is 9.73. The van der Waals surface area contributed by atoms with Crippen LogP contribution in [0.5, 0.6) is 0 Å². The summed E-state index contributed by atoms with van der Waals surface area (Å²) >= 11 is 1.36. The minimum atomic E-state index is -0.522. The van der Waals surface area contributed by atoms with Crippen LogP contribution in [0, 0.1) is 0 Å². The number of rotatable bonds is 2. The van der Waals surface area contributed by atoms with E-state index in [1.165, 1.54) is 11.3 Å². The third-order valence-corrected chi connectivity index (χ3v) is 5.06. The first-order chi connectivity index (χ1) is 12.8. The van der Waals surface area contributed by atoms with Gasteiger partial charge < -0.3 is 14.5 Å². The first-order valence-corrected chi connectivity index (χ1v) is 9.99. The Kier molecular flexibility index (Phi) is 5.79. The number of ether oxygens (including phenoxy) is 1. The van der Waals surface area contributed by atoms with Gasteiger partial charge >= 0.3 is 6.09 Å². The van der Waals surface area contributed by atoms with E-state index >= 15 is 0 Å². The molecule has 0 radical (unpaired) electrons. The molecule has 1 aromatic carbocycles. The number of amides is 2. The third-order valence-electron chi connectivity index (χ3n) is 4.24. The Morgan fingerprint density at radius 3 is 2.41 bits per heavy atom. The molecule has 0 atom stereocenters. The van der Waals surface area contributed by atoms with Crippen molar-refractivity contribution in [3.63, 3.8) is 0 Å². The number of benzene rings is 1. The molecule has 0 bridgehead atoms. The molecule has 0 aliphatic carbocycles. The highest BCUT2D eigenvalue weighted by Crippen LogP contribution is 2.27. The highest BCUT2D eigenvalue weighted by molar-refractivity contribution is 7.12. The molecule has 1 saturated heterocycles. The van der Waals surface area contributed by atoms with Gasteiger partial charge in [0.25, 0.3) is 5.91 Å². The summed E-state index contributed by atoms with van der Waals surface area (Å²) in [4.78, 5) is 33.9.